The second-order valence-corrected chi connectivity index (χ2v) is 4.49. The molecule has 5 heteroatoms. The molecule has 0 heterocycles. The number of halogens is 2. The van der Waals surface area contributed by atoms with Crippen molar-refractivity contribution < 1.29 is 14.6 Å². The zero-order valence-electron chi connectivity index (χ0n) is 8.95. The summed E-state index contributed by atoms with van der Waals surface area (Å²) in [5.41, 5.74) is 6.81. The van der Waals surface area contributed by atoms with E-state index in [0.29, 0.717) is 22.9 Å². The molecule has 90 valence electrons. The third kappa shape index (κ3) is 2.93. The van der Waals surface area contributed by atoms with Crippen LogP contribution in [0.3, 0.4) is 0 Å². The Morgan fingerprint density at radius 2 is 2.06 bits per heavy atom. The molecular formula is C11H15BrFNO2. The molecule has 2 atom stereocenters. The van der Waals surface area contributed by atoms with Gasteiger partial charge in [-0.05, 0) is 36.6 Å². The summed E-state index contributed by atoms with van der Waals surface area (Å²) >= 11 is 3.17. The largest absolute Gasteiger partial charge is 0.398 e. The first kappa shape index (κ1) is 13.4. The van der Waals surface area contributed by atoms with Gasteiger partial charge in [-0.3, -0.25) is 0 Å². The van der Waals surface area contributed by atoms with Crippen molar-refractivity contribution in [2.75, 3.05) is 11.1 Å². The number of nitrogen functional groups attached to an aromatic ring is 1. The van der Waals surface area contributed by atoms with Crippen molar-refractivity contribution in [2.45, 2.75) is 25.6 Å². The molecule has 1 aromatic rings. The Labute approximate surface area is 102 Å². The van der Waals surface area contributed by atoms with E-state index in [-0.39, 0.29) is 5.69 Å². The van der Waals surface area contributed by atoms with Crippen molar-refractivity contribution in [1.29, 1.82) is 0 Å². The van der Waals surface area contributed by atoms with Crippen LogP contribution >= 0.6 is 15.9 Å². The monoisotopic (exact) mass is 291 g/mol. The van der Waals surface area contributed by atoms with Gasteiger partial charge in [-0.2, -0.15) is 0 Å². The Morgan fingerprint density at radius 3 is 2.62 bits per heavy atom. The number of alkyl halides is 1. The van der Waals surface area contributed by atoms with Gasteiger partial charge in [-0.15, -0.1) is 0 Å². The predicted molar refractivity (Wildman–Crippen MR) is 64.9 cm³/mol. The molecule has 2 unspecified atom stereocenters. The van der Waals surface area contributed by atoms with E-state index in [1.165, 1.54) is 12.1 Å². The summed E-state index contributed by atoms with van der Waals surface area (Å²) in [6.07, 6.45) is -1.66. The number of hydrogen-bond acceptors (Lipinski definition) is 3. The first-order valence-electron chi connectivity index (χ1n) is 4.95. The van der Waals surface area contributed by atoms with Gasteiger partial charge in [0.05, 0.1) is 6.10 Å². The van der Waals surface area contributed by atoms with Crippen molar-refractivity contribution in [1.82, 2.24) is 0 Å². The van der Waals surface area contributed by atoms with Crippen LogP contribution in [0.15, 0.2) is 12.1 Å². The van der Waals surface area contributed by atoms with Gasteiger partial charge < -0.3 is 15.9 Å². The number of benzene rings is 1. The molecular weight excluding hydrogens is 277 g/mol. The fourth-order valence-corrected chi connectivity index (χ4v) is 1.98. The molecule has 0 aliphatic heterocycles. The summed E-state index contributed by atoms with van der Waals surface area (Å²) in [5.74, 6) is -0.511. The van der Waals surface area contributed by atoms with Crippen molar-refractivity contribution >= 4 is 21.6 Å². The molecule has 16 heavy (non-hydrogen) atoms. The zero-order chi connectivity index (χ0) is 12.3. The quantitative estimate of drug-likeness (QED) is 0.586. The second kappa shape index (κ2) is 5.61. The molecule has 0 aliphatic carbocycles. The van der Waals surface area contributed by atoms with E-state index in [2.05, 4.69) is 15.9 Å². The van der Waals surface area contributed by atoms with Gasteiger partial charge in [0.2, 0.25) is 0 Å². The number of anilines is 1. The van der Waals surface area contributed by atoms with Gasteiger partial charge in [0.15, 0.2) is 0 Å². The Hall–Kier alpha value is -0.650. The van der Waals surface area contributed by atoms with Crippen LogP contribution in [-0.2, 0) is 0 Å². The minimum absolute atomic E-state index is 0.278. The Balaban J connectivity index is 3.03. The molecule has 0 aromatic heterocycles. The third-order valence-corrected chi connectivity index (χ3v) is 3.00. The minimum atomic E-state index is -1.12. The first-order valence-corrected chi connectivity index (χ1v) is 6.07. The zero-order valence-corrected chi connectivity index (χ0v) is 10.5. The lowest BCUT2D eigenvalue weighted by Crippen LogP contribution is -2.20. The highest BCUT2D eigenvalue weighted by Crippen LogP contribution is 2.27. The summed E-state index contributed by atoms with van der Waals surface area (Å²) in [4.78, 5) is 0. The fraction of sp³-hybridized carbons (Fsp3) is 0.455. The fourth-order valence-electron chi connectivity index (χ4n) is 1.51. The van der Waals surface area contributed by atoms with Crippen LogP contribution < -0.4 is 5.73 Å². The lowest BCUT2D eigenvalue weighted by atomic mass is 9.97. The van der Waals surface area contributed by atoms with Crippen LogP contribution in [0.2, 0.25) is 0 Å². The lowest BCUT2D eigenvalue weighted by Gasteiger charge is -2.20. The number of aliphatic hydroxyl groups is 2. The van der Waals surface area contributed by atoms with E-state index in [1.807, 2.05) is 0 Å². The molecule has 0 amide bonds. The maximum atomic E-state index is 13.1. The maximum absolute atomic E-state index is 13.1. The topological polar surface area (TPSA) is 66.5 Å². The van der Waals surface area contributed by atoms with E-state index in [9.17, 15) is 14.6 Å². The number of rotatable bonds is 4. The van der Waals surface area contributed by atoms with Gasteiger partial charge in [0.1, 0.15) is 11.9 Å². The average molecular weight is 292 g/mol. The molecule has 1 rings (SSSR count). The second-order valence-electron chi connectivity index (χ2n) is 3.70. The molecule has 0 bridgehead atoms. The van der Waals surface area contributed by atoms with Crippen molar-refractivity contribution in [3.63, 3.8) is 0 Å². The van der Waals surface area contributed by atoms with E-state index >= 15 is 0 Å². The molecule has 0 radical (unpaired) electrons. The van der Waals surface area contributed by atoms with E-state index in [1.54, 1.807) is 6.92 Å². The molecule has 0 fully saturated rings. The van der Waals surface area contributed by atoms with Crippen LogP contribution in [-0.4, -0.2) is 21.6 Å². The molecule has 3 nitrogen and oxygen atoms in total. The lowest BCUT2D eigenvalue weighted by molar-refractivity contribution is 0.0169. The maximum Gasteiger partial charge on any atom is 0.125 e. The molecule has 0 spiro atoms. The van der Waals surface area contributed by atoms with Crippen molar-refractivity contribution in [3.8, 4) is 0 Å². The van der Waals surface area contributed by atoms with E-state index < -0.39 is 18.0 Å². The number of aliphatic hydroxyl groups excluding tert-OH is 2. The van der Waals surface area contributed by atoms with Crippen molar-refractivity contribution in [3.05, 3.63) is 29.1 Å². The van der Waals surface area contributed by atoms with E-state index in [0.717, 1.165) is 0 Å². The summed E-state index contributed by atoms with van der Waals surface area (Å²) in [5, 5.41) is 20.1. The summed E-state index contributed by atoms with van der Waals surface area (Å²) in [6, 6.07) is 2.40. The van der Waals surface area contributed by atoms with Gasteiger partial charge in [-0.25, -0.2) is 4.39 Å². The van der Waals surface area contributed by atoms with Crippen molar-refractivity contribution in [2.24, 2.45) is 0 Å². The van der Waals surface area contributed by atoms with E-state index in [4.69, 9.17) is 5.73 Å². The normalized spacial score (nSPS) is 14.8. The van der Waals surface area contributed by atoms with Gasteiger partial charge >= 0.3 is 0 Å². The van der Waals surface area contributed by atoms with Gasteiger partial charge in [-0.1, -0.05) is 15.9 Å². The summed E-state index contributed by atoms with van der Waals surface area (Å²) in [7, 11) is 0. The predicted octanol–water partition coefficient (Wildman–Crippen LogP) is 1.90. The number of nitrogens with two attached hydrogens (primary N) is 1. The van der Waals surface area contributed by atoms with Gasteiger partial charge in [0.25, 0.3) is 0 Å². The molecule has 0 saturated heterocycles. The van der Waals surface area contributed by atoms with Gasteiger partial charge in [0, 0.05) is 11.0 Å². The highest BCUT2D eigenvalue weighted by atomic mass is 79.9. The Morgan fingerprint density at radius 1 is 1.44 bits per heavy atom. The van der Waals surface area contributed by atoms with Crippen LogP contribution in [0.25, 0.3) is 0 Å². The molecule has 0 aliphatic rings. The highest BCUT2D eigenvalue weighted by molar-refractivity contribution is 9.09. The Bertz CT molecular complexity index is 373. The third-order valence-electron chi connectivity index (χ3n) is 2.54. The van der Waals surface area contributed by atoms with Crippen LogP contribution in [0, 0.1) is 12.7 Å². The van der Waals surface area contributed by atoms with Crippen LogP contribution in [0.1, 0.15) is 23.7 Å². The van der Waals surface area contributed by atoms with Crippen LogP contribution in [0.4, 0.5) is 10.1 Å². The highest BCUT2D eigenvalue weighted by Gasteiger charge is 2.21. The minimum Gasteiger partial charge on any atom is -0.398 e. The average Bonchev–Trinajstić information content (AvgIpc) is 2.22. The number of hydrogen-bond donors (Lipinski definition) is 3. The molecule has 0 saturated carbocycles. The molecule has 1 aromatic carbocycles. The van der Waals surface area contributed by atoms with Crippen LogP contribution in [0.5, 0.6) is 0 Å². The summed E-state index contributed by atoms with van der Waals surface area (Å²) < 4.78 is 13.1. The summed E-state index contributed by atoms with van der Waals surface area (Å²) in [6.45, 7) is 1.69. The first-order chi connectivity index (χ1) is 7.47. The standard InChI is InChI=1S/C11H15BrFNO2/c1-6-8(4-7(13)5-9(6)14)11(16)10(15)2-3-12/h4-5,10-11,15-16H,2-3,14H2,1H3. The Kier molecular flexibility index (Phi) is 4.70. The SMILES string of the molecule is Cc1c(N)cc(F)cc1C(O)C(O)CCBr. The molecule has 4 N–H and O–H groups in total. The smallest absolute Gasteiger partial charge is 0.125 e.